The number of nitrogens with zero attached hydrogens (tertiary/aromatic N) is 2. The minimum atomic E-state index is -0.418. The maximum Gasteiger partial charge on any atom is 0.229 e. The Balaban J connectivity index is 1.29. The Kier molecular flexibility index (Phi) is 5.38. The summed E-state index contributed by atoms with van der Waals surface area (Å²) in [7, 11) is 0. The minimum Gasteiger partial charge on any atom is -0.486 e. The predicted molar refractivity (Wildman–Crippen MR) is 116 cm³/mol. The first kappa shape index (κ1) is 19.7. The van der Waals surface area contributed by atoms with E-state index in [1.807, 2.05) is 36.4 Å². The van der Waals surface area contributed by atoms with E-state index in [0.717, 1.165) is 30.2 Å². The highest BCUT2D eigenvalue weighted by Gasteiger charge is 2.36. The molecule has 8 heteroatoms. The summed E-state index contributed by atoms with van der Waals surface area (Å²) in [6.45, 7) is 4.25. The standard InChI is InChI=1S/C23H25N3O5/c27-22-13-16(15-26(22)17-5-6-20-21(14-17)31-12-11-30-20)23(28)24-18-3-1-2-4-19(18)25-7-9-29-10-8-25/h1-6,14,16H,7-13,15H2,(H,24,28)/t16-/m1/s1. The first-order chi connectivity index (χ1) is 15.2. The van der Waals surface area contributed by atoms with E-state index in [1.165, 1.54) is 0 Å². The normalized spacial score (nSPS) is 20.6. The number of rotatable bonds is 4. The molecule has 3 heterocycles. The van der Waals surface area contributed by atoms with Crippen molar-refractivity contribution in [3.63, 3.8) is 0 Å². The van der Waals surface area contributed by atoms with Gasteiger partial charge in [0.25, 0.3) is 0 Å². The largest absolute Gasteiger partial charge is 0.486 e. The lowest BCUT2D eigenvalue weighted by Gasteiger charge is -2.30. The van der Waals surface area contributed by atoms with Gasteiger partial charge in [0.05, 0.1) is 30.5 Å². The number of morpholine rings is 1. The Hall–Kier alpha value is -3.26. The number of ether oxygens (including phenoxy) is 3. The van der Waals surface area contributed by atoms with E-state index < -0.39 is 5.92 Å². The van der Waals surface area contributed by atoms with E-state index in [2.05, 4.69) is 10.2 Å². The number of amides is 2. The first-order valence-electron chi connectivity index (χ1n) is 10.6. The van der Waals surface area contributed by atoms with Crippen LogP contribution in [0.15, 0.2) is 42.5 Å². The molecular weight excluding hydrogens is 398 g/mol. The van der Waals surface area contributed by atoms with Gasteiger partial charge < -0.3 is 29.3 Å². The zero-order chi connectivity index (χ0) is 21.2. The highest BCUT2D eigenvalue weighted by molar-refractivity contribution is 6.04. The summed E-state index contributed by atoms with van der Waals surface area (Å²) in [6, 6.07) is 13.2. The number of hydrogen-bond acceptors (Lipinski definition) is 6. The lowest BCUT2D eigenvalue weighted by molar-refractivity contribution is -0.122. The van der Waals surface area contributed by atoms with Crippen LogP contribution in [-0.2, 0) is 14.3 Å². The molecule has 0 aromatic heterocycles. The first-order valence-corrected chi connectivity index (χ1v) is 10.6. The van der Waals surface area contributed by atoms with Gasteiger partial charge >= 0.3 is 0 Å². The smallest absolute Gasteiger partial charge is 0.229 e. The summed E-state index contributed by atoms with van der Waals surface area (Å²) in [4.78, 5) is 29.6. The van der Waals surface area contributed by atoms with Crippen molar-refractivity contribution in [1.82, 2.24) is 0 Å². The second-order valence-corrected chi connectivity index (χ2v) is 7.84. The maximum absolute atomic E-state index is 13.0. The van der Waals surface area contributed by atoms with Gasteiger partial charge in [-0.3, -0.25) is 9.59 Å². The van der Waals surface area contributed by atoms with E-state index in [0.29, 0.717) is 44.5 Å². The van der Waals surface area contributed by atoms with Crippen molar-refractivity contribution in [2.45, 2.75) is 6.42 Å². The van der Waals surface area contributed by atoms with Crippen molar-refractivity contribution in [2.24, 2.45) is 5.92 Å². The van der Waals surface area contributed by atoms with Crippen molar-refractivity contribution in [1.29, 1.82) is 0 Å². The van der Waals surface area contributed by atoms with Crippen molar-refractivity contribution in [3.8, 4) is 11.5 Å². The number of anilines is 3. The Morgan fingerprint density at radius 2 is 1.74 bits per heavy atom. The van der Waals surface area contributed by atoms with Gasteiger partial charge in [0, 0.05) is 37.8 Å². The molecular formula is C23H25N3O5. The van der Waals surface area contributed by atoms with Gasteiger partial charge in [-0.25, -0.2) is 0 Å². The van der Waals surface area contributed by atoms with E-state index in [-0.39, 0.29) is 18.2 Å². The SMILES string of the molecule is O=C(Nc1ccccc1N1CCOCC1)[C@@H]1CC(=O)N(c2ccc3c(c2)OCCO3)C1. The Morgan fingerprint density at radius 3 is 2.58 bits per heavy atom. The molecule has 31 heavy (non-hydrogen) atoms. The molecule has 2 fully saturated rings. The zero-order valence-corrected chi connectivity index (χ0v) is 17.2. The van der Waals surface area contributed by atoms with Crippen LogP contribution in [0.1, 0.15) is 6.42 Å². The molecule has 0 bridgehead atoms. The van der Waals surface area contributed by atoms with Crippen LogP contribution < -0.4 is 24.6 Å². The molecule has 2 saturated heterocycles. The number of carbonyl (C=O) groups excluding carboxylic acids is 2. The molecule has 3 aliphatic heterocycles. The zero-order valence-electron chi connectivity index (χ0n) is 17.2. The van der Waals surface area contributed by atoms with Gasteiger partial charge in [-0.2, -0.15) is 0 Å². The topological polar surface area (TPSA) is 80.3 Å². The highest BCUT2D eigenvalue weighted by atomic mass is 16.6. The second kappa shape index (κ2) is 8.47. The van der Waals surface area contributed by atoms with Crippen LogP contribution in [0.3, 0.4) is 0 Å². The number of para-hydroxylation sites is 2. The third kappa shape index (κ3) is 4.03. The number of fused-ring (bicyclic) bond motifs is 1. The fourth-order valence-electron chi connectivity index (χ4n) is 4.23. The molecule has 0 radical (unpaired) electrons. The molecule has 1 N–H and O–H groups in total. The predicted octanol–water partition coefficient (Wildman–Crippen LogP) is 2.29. The third-order valence-corrected chi connectivity index (χ3v) is 5.85. The van der Waals surface area contributed by atoms with Crippen molar-refractivity contribution in [2.75, 3.05) is 61.2 Å². The van der Waals surface area contributed by atoms with Crippen LogP contribution in [-0.4, -0.2) is 57.9 Å². The van der Waals surface area contributed by atoms with E-state index in [9.17, 15) is 9.59 Å². The van der Waals surface area contributed by atoms with Gasteiger partial charge in [0.15, 0.2) is 11.5 Å². The fourth-order valence-corrected chi connectivity index (χ4v) is 4.23. The van der Waals surface area contributed by atoms with Crippen molar-refractivity contribution in [3.05, 3.63) is 42.5 Å². The molecule has 0 aliphatic carbocycles. The Bertz CT molecular complexity index is 989. The van der Waals surface area contributed by atoms with Crippen LogP contribution in [0.4, 0.5) is 17.1 Å². The van der Waals surface area contributed by atoms with Gasteiger partial charge in [-0.1, -0.05) is 12.1 Å². The molecule has 1 atom stereocenters. The molecule has 0 unspecified atom stereocenters. The quantitative estimate of drug-likeness (QED) is 0.813. The molecule has 2 amide bonds. The van der Waals surface area contributed by atoms with Crippen LogP contribution in [0.25, 0.3) is 0 Å². The van der Waals surface area contributed by atoms with E-state index >= 15 is 0 Å². The molecule has 0 spiro atoms. The number of benzene rings is 2. The van der Waals surface area contributed by atoms with Crippen molar-refractivity contribution >= 4 is 28.9 Å². The Morgan fingerprint density at radius 1 is 0.968 bits per heavy atom. The van der Waals surface area contributed by atoms with Gasteiger partial charge in [-0.15, -0.1) is 0 Å². The lowest BCUT2D eigenvalue weighted by Crippen LogP contribution is -2.37. The molecule has 2 aromatic carbocycles. The number of hydrogen-bond donors (Lipinski definition) is 1. The molecule has 3 aliphatic rings. The molecule has 0 saturated carbocycles. The monoisotopic (exact) mass is 423 g/mol. The molecule has 2 aromatic rings. The summed E-state index contributed by atoms with van der Waals surface area (Å²) >= 11 is 0. The summed E-state index contributed by atoms with van der Waals surface area (Å²) < 4.78 is 16.6. The summed E-state index contributed by atoms with van der Waals surface area (Å²) in [5, 5.41) is 3.05. The van der Waals surface area contributed by atoms with Crippen LogP contribution in [0, 0.1) is 5.92 Å². The molecule has 8 nitrogen and oxygen atoms in total. The molecule has 162 valence electrons. The van der Waals surface area contributed by atoms with Crippen LogP contribution >= 0.6 is 0 Å². The van der Waals surface area contributed by atoms with Crippen LogP contribution in [0.5, 0.6) is 11.5 Å². The third-order valence-electron chi connectivity index (χ3n) is 5.85. The van der Waals surface area contributed by atoms with Gasteiger partial charge in [-0.05, 0) is 24.3 Å². The maximum atomic E-state index is 13.0. The average Bonchev–Trinajstić information content (AvgIpc) is 3.21. The Labute approximate surface area is 180 Å². The summed E-state index contributed by atoms with van der Waals surface area (Å²) in [5.74, 6) is 0.672. The van der Waals surface area contributed by atoms with Crippen molar-refractivity contribution < 1.29 is 23.8 Å². The highest BCUT2D eigenvalue weighted by Crippen LogP contribution is 2.36. The van der Waals surface area contributed by atoms with E-state index in [4.69, 9.17) is 14.2 Å². The fraction of sp³-hybridized carbons (Fsp3) is 0.391. The average molecular weight is 423 g/mol. The minimum absolute atomic E-state index is 0.0710. The van der Waals surface area contributed by atoms with E-state index in [1.54, 1.807) is 11.0 Å². The van der Waals surface area contributed by atoms with Gasteiger partial charge in [0.1, 0.15) is 13.2 Å². The second-order valence-electron chi connectivity index (χ2n) is 7.84. The summed E-state index contributed by atoms with van der Waals surface area (Å²) in [6.07, 6.45) is 0.181. The number of carbonyl (C=O) groups is 2. The summed E-state index contributed by atoms with van der Waals surface area (Å²) in [5.41, 5.74) is 2.46. The van der Waals surface area contributed by atoms with Crippen LogP contribution in [0.2, 0.25) is 0 Å². The molecule has 5 rings (SSSR count). The van der Waals surface area contributed by atoms with Gasteiger partial charge in [0.2, 0.25) is 11.8 Å². The number of nitrogens with one attached hydrogen (secondary N) is 1. The lowest BCUT2D eigenvalue weighted by atomic mass is 10.1.